The maximum absolute atomic E-state index is 8.38. The van der Waals surface area contributed by atoms with Crippen molar-refractivity contribution in [1.82, 2.24) is 0 Å². The van der Waals surface area contributed by atoms with Gasteiger partial charge in [0.1, 0.15) is 0 Å². The van der Waals surface area contributed by atoms with Crippen molar-refractivity contribution in [3.8, 4) is 0 Å². The number of hydrogen-bond donors (Lipinski definition) is 3. The summed E-state index contributed by atoms with van der Waals surface area (Å²) >= 11 is 0. The molecule has 0 heterocycles. The van der Waals surface area contributed by atoms with Gasteiger partial charge in [0.15, 0.2) is 0 Å². The van der Waals surface area contributed by atoms with Crippen molar-refractivity contribution in [2.24, 2.45) is 5.73 Å². The Morgan fingerprint density at radius 2 is 1.79 bits per heavy atom. The summed E-state index contributed by atoms with van der Waals surface area (Å²) in [6.07, 6.45) is 8.69. The Kier molecular flexibility index (Phi) is 9.71. The fourth-order valence-electron chi connectivity index (χ4n) is 1.52. The van der Waals surface area contributed by atoms with Gasteiger partial charge in [0.05, 0.1) is 0 Å². The Labute approximate surface area is 89.2 Å². The monoisotopic (exact) mass is 219 g/mol. The van der Waals surface area contributed by atoms with Gasteiger partial charge in [0.2, 0.25) is 0 Å². The highest BCUT2D eigenvalue weighted by atomic mass is 28.3. The van der Waals surface area contributed by atoms with Crippen LogP contribution in [-0.2, 0) is 0 Å². The highest BCUT2D eigenvalue weighted by Crippen LogP contribution is 2.14. The predicted octanol–water partition coefficient (Wildman–Crippen LogP) is 1.27. The van der Waals surface area contributed by atoms with Crippen LogP contribution >= 0.6 is 0 Å². The molecule has 1 saturated carbocycles. The van der Waals surface area contributed by atoms with Gasteiger partial charge in [-0.05, 0) is 18.9 Å². The van der Waals surface area contributed by atoms with E-state index in [0.29, 0.717) is 12.1 Å². The zero-order valence-electron chi connectivity index (χ0n) is 9.28. The summed E-state index contributed by atoms with van der Waals surface area (Å²) in [4.78, 5) is 16.8. The molecule has 0 amide bonds. The summed E-state index contributed by atoms with van der Waals surface area (Å²) in [7, 11) is -2.19. The van der Waals surface area contributed by atoms with Crippen LogP contribution in [0.3, 0.4) is 0 Å². The average molecular weight is 219 g/mol. The molecule has 0 spiro atoms. The molecule has 0 atom stereocenters. The van der Waals surface area contributed by atoms with Crippen LogP contribution in [0.1, 0.15) is 51.9 Å². The van der Waals surface area contributed by atoms with E-state index in [1.54, 1.807) is 0 Å². The molecule has 0 aromatic heterocycles. The first-order valence-electron chi connectivity index (χ1n) is 5.78. The van der Waals surface area contributed by atoms with E-state index in [4.69, 9.17) is 15.3 Å². The second-order valence-electron chi connectivity index (χ2n) is 4.02. The van der Waals surface area contributed by atoms with Crippen molar-refractivity contribution in [2.75, 3.05) is 0 Å². The van der Waals surface area contributed by atoms with Gasteiger partial charge in [-0.15, -0.1) is 0 Å². The zero-order valence-corrected chi connectivity index (χ0v) is 10.4. The normalized spacial score (nSPS) is 17.8. The maximum atomic E-state index is 8.38. The SMILES string of the molecule is CCCC[SiH](O)O.NC1CCCCC1. The molecule has 86 valence electrons. The first kappa shape index (κ1) is 14.1. The van der Waals surface area contributed by atoms with Gasteiger partial charge in [0, 0.05) is 6.04 Å². The summed E-state index contributed by atoms with van der Waals surface area (Å²) in [5.74, 6) is 0. The second kappa shape index (κ2) is 9.64. The van der Waals surface area contributed by atoms with Crippen LogP contribution in [0.4, 0.5) is 0 Å². The predicted molar refractivity (Wildman–Crippen MR) is 62.4 cm³/mol. The molecule has 1 rings (SSSR count). The molecule has 0 unspecified atom stereocenters. The number of nitrogens with two attached hydrogens (primary N) is 1. The van der Waals surface area contributed by atoms with E-state index in [1.807, 2.05) is 6.92 Å². The van der Waals surface area contributed by atoms with Gasteiger partial charge in [-0.25, -0.2) is 0 Å². The highest BCUT2D eigenvalue weighted by molar-refractivity contribution is 6.40. The van der Waals surface area contributed by atoms with Crippen molar-refractivity contribution < 1.29 is 9.59 Å². The number of unbranched alkanes of at least 4 members (excludes halogenated alkanes) is 1. The first-order valence-corrected chi connectivity index (χ1v) is 7.63. The van der Waals surface area contributed by atoms with E-state index in [2.05, 4.69) is 0 Å². The standard InChI is InChI=1S/C6H13N.C4H12O2Si/c7-6-4-2-1-3-5-6;1-2-3-4-7(5)6/h6H,1-5,7H2;5-7H,2-4H2,1H3. The average Bonchev–Trinajstić information content (AvgIpc) is 2.17. The lowest BCUT2D eigenvalue weighted by Gasteiger charge is -2.15. The Hall–Kier alpha value is 0.0969. The van der Waals surface area contributed by atoms with E-state index in [1.165, 1.54) is 32.1 Å². The quantitative estimate of drug-likeness (QED) is 0.626. The minimum atomic E-state index is -2.19. The van der Waals surface area contributed by atoms with Crippen LogP contribution in [-0.4, -0.2) is 24.9 Å². The summed E-state index contributed by atoms with van der Waals surface area (Å²) in [5.41, 5.74) is 5.63. The van der Waals surface area contributed by atoms with Crippen molar-refractivity contribution in [3.63, 3.8) is 0 Å². The molecule has 0 aromatic carbocycles. The number of rotatable bonds is 3. The van der Waals surface area contributed by atoms with Crippen LogP contribution < -0.4 is 5.73 Å². The van der Waals surface area contributed by atoms with Crippen molar-refractivity contribution in [1.29, 1.82) is 0 Å². The molecule has 0 saturated heterocycles. The fraction of sp³-hybridized carbons (Fsp3) is 1.00. The minimum absolute atomic E-state index is 0.536. The Morgan fingerprint density at radius 1 is 1.21 bits per heavy atom. The largest absolute Gasteiger partial charge is 0.413 e. The topological polar surface area (TPSA) is 66.5 Å². The van der Waals surface area contributed by atoms with Gasteiger partial charge < -0.3 is 15.3 Å². The highest BCUT2D eigenvalue weighted by Gasteiger charge is 2.06. The Morgan fingerprint density at radius 3 is 2.00 bits per heavy atom. The van der Waals surface area contributed by atoms with Gasteiger partial charge in [0.25, 0.3) is 0 Å². The van der Waals surface area contributed by atoms with Gasteiger partial charge in [-0.1, -0.05) is 39.0 Å². The zero-order chi connectivity index (χ0) is 10.8. The van der Waals surface area contributed by atoms with E-state index in [0.717, 1.165) is 12.8 Å². The summed E-state index contributed by atoms with van der Waals surface area (Å²) in [6.45, 7) is 2.04. The van der Waals surface area contributed by atoms with Crippen molar-refractivity contribution in [3.05, 3.63) is 0 Å². The molecule has 3 nitrogen and oxygen atoms in total. The first-order chi connectivity index (χ1) is 6.66. The van der Waals surface area contributed by atoms with E-state index in [-0.39, 0.29) is 0 Å². The molecule has 0 aromatic rings. The Balaban J connectivity index is 0.000000241. The molecule has 14 heavy (non-hydrogen) atoms. The van der Waals surface area contributed by atoms with Crippen molar-refractivity contribution in [2.45, 2.75) is 64.0 Å². The van der Waals surface area contributed by atoms with E-state index < -0.39 is 9.28 Å². The van der Waals surface area contributed by atoms with Crippen LogP contribution in [0.2, 0.25) is 6.04 Å². The van der Waals surface area contributed by atoms with Crippen LogP contribution in [0.15, 0.2) is 0 Å². The maximum Gasteiger partial charge on any atom is 0.315 e. The molecule has 0 aliphatic heterocycles. The van der Waals surface area contributed by atoms with Crippen LogP contribution in [0.25, 0.3) is 0 Å². The molecule has 0 radical (unpaired) electrons. The molecule has 1 aliphatic carbocycles. The Bertz CT molecular complexity index is 117. The molecular weight excluding hydrogens is 194 g/mol. The van der Waals surface area contributed by atoms with E-state index >= 15 is 0 Å². The molecule has 0 bridgehead atoms. The molecule has 1 aliphatic rings. The summed E-state index contributed by atoms with van der Waals surface area (Å²) < 4.78 is 0. The molecule has 1 fully saturated rings. The third kappa shape index (κ3) is 10.2. The second-order valence-corrected chi connectivity index (χ2v) is 5.56. The van der Waals surface area contributed by atoms with Gasteiger partial charge >= 0.3 is 9.28 Å². The summed E-state index contributed by atoms with van der Waals surface area (Å²) in [5, 5.41) is 0. The smallest absolute Gasteiger partial charge is 0.315 e. The molecule has 4 heteroatoms. The minimum Gasteiger partial charge on any atom is -0.413 e. The lowest BCUT2D eigenvalue weighted by Crippen LogP contribution is -2.22. The third-order valence-corrected chi connectivity index (χ3v) is 3.39. The third-order valence-electron chi connectivity index (χ3n) is 2.47. The lowest BCUT2D eigenvalue weighted by atomic mass is 9.97. The van der Waals surface area contributed by atoms with Crippen LogP contribution in [0.5, 0.6) is 0 Å². The van der Waals surface area contributed by atoms with Crippen LogP contribution in [0, 0.1) is 0 Å². The molecular formula is C10H25NO2Si. The van der Waals surface area contributed by atoms with Gasteiger partial charge in [-0.2, -0.15) is 0 Å². The van der Waals surface area contributed by atoms with Gasteiger partial charge in [-0.3, -0.25) is 0 Å². The van der Waals surface area contributed by atoms with Crippen molar-refractivity contribution >= 4 is 9.28 Å². The van der Waals surface area contributed by atoms with E-state index in [9.17, 15) is 0 Å². The number of hydrogen-bond acceptors (Lipinski definition) is 3. The molecule has 4 N–H and O–H groups in total. The lowest BCUT2D eigenvalue weighted by molar-refractivity contribution is 0.403. The fourth-order valence-corrected chi connectivity index (χ4v) is 2.29. The summed E-state index contributed by atoms with van der Waals surface area (Å²) in [6, 6.07) is 1.19.